The molecule has 0 spiro atoms. The van der Waals surface area contributed by atoms with Gasteiger partial charge in [-0.3, -0.25) is 4.79 Å². The molecular formula is C9H16O. The topological polar surface area (TPSA) is 17.1 Å². The molecule has 0 radical (unpaired) electrons. The first-order chi connectivity index (χ1) is 4.72. The van der Waals surface area contributed by atoms with Gasteiger partial charge in [-0.25, -0.2) is 0 Å². The Morgan fingerprint density at radius 1 is 1.70 bits per heavy atom. The first-order valence-electron chi connectivity index (χ1n) is 3.86. The molecule has 0 saturated carbocycles. The Kier molecular flexibility index (Phi) is 4.91. The molecular weight excluding hydrogens is 124 g/mol. The third-order valence-corrected chi connectivity index (χ3v) is 1.76. The third-order valence-electron chi connectivity index (χ3n) is 1.76. The van der Waals surface area contributed by atoms with Crippen molar-refractivity contribution in [1.82, 2.24) is 0 Å². The van der Waals surface area contributed by atoms with Crippen molar-refractivity contribution in [3.8, 4) is 0 Å². The van der Waals surface area contributed by atoms with E-state index in [0.29, 0.717) is 12.2 Å². The summed E-state index contributed by atoms with van der Waals surface area (Å²) in [5, 5.41) is 0. The molecule has 0 aromatic rings. The second-order valence-corrected chi connectivity index (χ2v) is 2.60. The Balaban J connectivity index is 3.51. The second kappa shape index (κ2) is 5.21. The molecule has 0 aliphatic heterocycles. The van der Waals surface area contributed by atoms with Gasteiger partial charge >= 0.3 is 0 Å². The van der Waals surface area contributed by atoms with E-state index in [4.69, 9.17) is 0 Å². The summed E-state index contributed by atoms with van der Waals surface area (Å²) in [7, 11) is 0. The van der Waals surface area contributed by atoms with E-state index in [0.717, 1.165) is 12.8 Å². The number of hydrogen-bond acceptors (Lipinski definition) is 1. The van der Waals surface area contributed by atoms with Crippen molar-refractivity contribution in [2.75, 3.05) is 0 Å². The van der Waals surface area contributed by atoms with E-state index >= 15 is 0 Å². The lowest BCUT2D eigenvalue weighted by Crippen LogP contribution is -2.08. The van der Waals surface area contributed by atoms with Gasteiger partial charge in [-0.2, -0.15) is 0 Å². The molecule has 0 unspecified atom stereocenters. The molecule has 1 heteroatoms. The molecule has 0 aromatic heterocycles. The summed E-state index contributed by atoms with van der Waals surface area (Å²) in [6, 6.07) is 0. The summed E-state index contributed by atoms with van der Waals surface area (Å²) in [5.41, 5.74) is 0. The van der Waals surface area contributed by atoms with Crippen LogP contribution in [0.2, 0.25) is 0 Å². The van der Waals surface area contributed by atoms with Gasteiger partial charge in [0.05, 0.1) is 0 Å². The Hall–Kier alpha value is -0.590. The first kappa shape index (κ1) is 9.41. The smallest absolute Gasteiger partial charge is 0.135 e. The van der Waals surface area contributed by atoms with Crippen molar-refractivity contribution in [1.29, 1.82) is 0 Å². The zero-order valence-corrected chi connectivity index (χ0v) is 6.89. The van der Waals surface area contributed by atoms with Crippen molar-refractivity contribution in [3.05, 3.63) is 12.7 Å². The number of Topliss-reactive ketones (excluding diaryl/α,β-unsaturated/α-hetero) is 1. The Morgan fingerprint density at radius 3 is 2.70 bits per heavy atom. The van der Waals surface area contributed by atoms with Gasteiger partial charge in [0.2, 0.25) is 0 Å². The van der Waals surface area contributed by atoms with Crippen molar-refractivity contribution in [2.24, 2.45) is 5.92 Å². The zero-order chi connectivity index (χ0) is 7.98. The first-order valence-corrected chi connectivity index (χ1v) is 3.86. The van der Waals surface area contributed by atoms with E-state index in [9.17, 15) is 4.79 Å². The van der Waals surface area contributed by atoms with E-state index in [1.165, 1.54) is 0 Å². The molecule has 1 nitrogen and oxygen atoms in total. The summed E-state index contributed by atoms with van der Waals surface area (Å²) in [4.78, 5) is 11.1. The summed E-state index contributed by atoms with van der Waals surface area (Å²) in [5.74, 6) is 0.599. The van der Waals surface area contributed by atoms with Crippen molar-refractivity contribution in [2.45, 2.75) is 33.1 Å². The normalized spacial score (nSPS) is 12.6. The van der Waals surface area contributed by atoms with Crippen LogP contribution < -0.4 is 0 Å². The maximum absolute atomic E-state index is 11.1. The maximum Gasteiger partial charge on any atom is 0.135 e. The number of carbonyl (C=O) groups excluding carboxylic acids is 1. The molecule has 58 valence electrons. The highest BCUT2D eigenvalue weighted by molar-refractivity contribution is 5.80. The van der Waals surface area contributed by atoms with Gasteiger partial charge in [0.15, 0.2) is 0 Å². The van der Waals surface area contributed by atoms with Crippen LogP contribution in [0, 0.1) is 5.92 Å². The average molecular weight is 140 g/mol. The lowest BCUT2D eigenvalue weighted by Gasteiger charge is -2.04. The molecule has 0 aliphatic rings. The van der Waals surface area contributed by atoms with E-state index in [-0.39, 0.29) is 5.92 Å². The quantitative estimate of drug-likeness (QED) is 0.536. The molecule has 0 amide bonds. The van der Waals surface area contributed by atoms with E-state index < -0.39 is 0 Å². The van der Waals surface area contributed by atoms with Crippen LogP contribution in [0.1, 0.15) is 33.1 Å². The molecule has 0 saturated heterocycles. The summed E-state index contributed by atoms with van der Waals surface area (Å²) < 4.78 is 0. The summed E-state index contributed by atoms with van der Waals surface area (Å²) in [6.45, 7) is 7.58. The predicted molar refractivity (Wildman–Crippen MR) is 43.9 cm³/mol. The van der Waals surface area contributed by atoms with Gasteiger partial charge in [0, 0.05) is 12.3 Å². The van der Waals surface area contributed by atoms with Crippen LogP contribution in [0.5, 0.6) is 0 Å². The number of allylic oxidation sites excluding steroid dienone is 1. The molecule has 0 rings (SSSR count). The Bertz CT molecular complexity index is 116. The second-order valence-electron chi connectivity index (χ2n) is 2.60. The molecule has 1 atom stereocenters. The minimum atomic E-state index is 0.236. The minimum absolute atomic E-state index is 0.236. The van der Waals surface area contributed by atoms with Crippen LogP contribution >= 0.6 is 0 Å². The Morgan fingerprint density at radius 2 is 2.30 bits per heavy atom. The highest BCUT2D eigenvalue weighted by atomic mass is 16.1. The fourth-order valence-electron chi connectivity index (χ4n) is 0.718. The van der Waals surface area contributed by atoms with E-state index in [2.05, 4.69) is 6.58 Å². The van der Waals surface area contributed by atoms with Crippen molar-refractivity contribution >= 4 is 5.78 Å². The highest BCUT2D eigenvalue weighted by Crippen LogP contribution is 2.06. The molecule has 0 fully saturated rings. The van der Waals surface area contributed by atoms with Crippen LogP contribution in [0.15, 0.2) is 12.7 Å². The van der Waals surface area contributed by atoms with E-state index in [1.807, 2.05) is 13.8 Å². The van der Waals surface area contributed by atoms with Crippen LogP contribution in [-0.2, 0) is 4.79 Å². The number of hydrogen-bond donors (Lipinski definition) is 0. The largest absolute Gasteiger partial charge is 0.299 e. The molecule has 10 heavy (non-hydrogen) atoms. The van der Waals surface area contributed by atoms with Gasteiger partial charge in [-0.15, -0.1) is 6.58 Å². The van der Waals surface area contributed by atoms with Crippen LogP contribution in [0.4, 0.5) is 0 Å². The van der Waals surface area contributed by atoms with Crippen LogP contribution in [-0.4, -0.2) is 5.78 Å². The minimum Gasteiger partial charge on any atom is -0.299 e. The molecule has 0 aromatic carbocycles. The van der Waals surface area contributed by atoms with Crippen molar-refractivity contribution < 1.29 is 4.79 Å². The standard InChI is InChI=1S/C9H16O/c1-4-6-7-9(10)8(3)5-2/h4,8H,1,5-7H2,2-3H3/t8-/m0/s1. The van der Waals surface area contributed by atoms with Gasteiger partial charge in [-0.1, -0.05) is 19.9 Å². The van der Waals surface area contributed by atoms with Crippen LogP contribution in [0.25, 0.3) is 0 Å². The third kappa shape index (κ3) is 3.44. The van der Waals surface area contributed by atoms with Gasteiger partial charge < -0.3 is 0 Å². The van der Waals surface area contributed by atoms with Gasteiger partial charge in [-0.05, 0) is 12.8 Å². The Labute approximate surface area is 63.1 Å². The van der Waals surface area contributed by atoms with Crippen molar-refractivity contribution in [3.63, 3.8) is 0 Å². The monoisotopic (exact) mass is 140 g/mol. The molecule has 0 N–H and O–H groups in total. The number of carbonyl (C=O) groups is 1. The lowest BCUT2D eigenvalue weighted by molar-refractivity contribution is -0.122. The van der Waals surface area contributed by atoms with E-state index in [1.54, 1.807) is 6.08 Å². The lowest BCUT2D eigenvalue weighted by atomic mass is 10.0. The average Bonchev–Trinajstić information content (AvgIpc) is 1.98. The van der Waals surface area contributed by atoms with Crippen LogP contribution in [0.3, 0.4) is 0 Å². The number of rotatable bonds is 5. The fraction of sp³-hybridized carbons (Fsp3) is 0.667. The number of ketones is 1. The maximum atomic E-state index is 11.1. The summed E-state index contributed by atoms with van der Waals surface area (Å²) in [6.07, 6.45) is 4.23. The zero-order valence-electron chi connectivity index (χ0n) is 6.89. The molecule has 0 bridgehead atoms. The summed E-state index contributed by atoms with van der Waals surface area (Å²) >= 11 is 0. The predicted octanol–water partition coefficient (Wildman–Crippen LogP) is 2.57. The SMILES string of the molecule is C=CCCC(=O)[C@@H](C)CC. The molecule has 0 aliphatic carbocycles. The van der Waals surface area contributed by atoms with Gasteiger partial charge in [0.1, 0.15) is 5.78 Å². The molecule has 0 heterocycles. The fourth-order valence-corrected chi connectivity index (χ4v) is 0.718. The highest BCUT2D eigenvalue weighted by Gasteiger charge is 2.07. The van der Waals surface area contributed by atoms with Gasteiger partial charge in [0.25, 0.3) is 0 Å².